The molecule has 1 aliphatic carbocycles. The monoisotopic (exact) mass is 656 g/mol. The first-order valence-electron chi connectivity index (χ1n) is 14.4. The normalized spacial score (nSPS) is 13.6. The van der Waals surface area contributed by atoms with Gasteiger partial charge in [-0.05, 0) is 48.2 Å². The second-order valence-corrected chi connectivity index (χ2v) is 11.0. The number of non-ortho nitro benzene ring substituents is 4. The molecule has 0 bridgehead atoms. The van der Waals surface area contributed by atoms with Crippen LogP contribution in [0.2, 0.25) is 0 Å². The van der Waals surface area contributed by atoms with Crippen molar-refractivity contribution in [3.05, 3.63) is 148 Å². The number of carbonyl (C=O) groups is 2. The third kappa shape index (κ3) is 6.96. The van der Waals surface area contributed by atoms with Gasteiger partial charge >= 0.3 is 11.9 Å². The van der Waals surface area contributed by atoms with Gasteiger partial charge in [0.2, 0.25) is 0 Å². The highest BCUT2D eigenvalue weighted by Gasteiger charge is 2.36. The third-order valence-electron chi connectivity index (χ3n) is 8.06. The first kappa shape index (κ1) is 32.8. The largest absolute Gasteiger partial charge is 0.423 e. The van der Waals surface area contributed by atoms with Crippen LogP contribution in [0.4, 0.5) is 22.7 Å². The second kappa shape index (κ2) is 13.4. The topological polar surface area (TPSA) is 225 Å². The minimum Gasteiger partial charge on any atom is -0.423 e. The summed E-state index contributed by atoms with van der Waals surface area (Å²) < 4.78 is 10.7. The third-order valence-corrected chi connectivity index (χ3v) is 8.06. The lowest BCUT2D eigenvalue weighted by atomic mass is 9.65. The van der Waals surface area contributed by atoms with Crippen LogP contribution in [-0.2, 0) is 5.41 Å². The molecule has 1 aliphatic rings. The van der Waals surface area contributed by atoms with E-state index in [1.807, 2.05) is 0 Å². The van der Waals surface area contributed by atoms with Crippen LogP contribution in [0.25, 0.3) is 0 Å². The lowest BCUT2D eigenvalue weighted by molar-refractivity contribution is -0.394. The molecule has 0 N–H and O–H groups in total. The zero-order valence-corrected chi connectivity index (χ0v) is 24.8. The Balaban J connectivity index is 1.36. The zero-order valence-electron chi connectivity index (χ0n) is 24.8. The molecular formula is C32H24N4O12. The molecule has 0 radical (unpaired) electrons. The van der Waals surface area contributed by atoms with Crippen molar-refractivity contribution in [1.82, 2.24) is 0 Å². The van der Waals surface area contributed by atoms with E-state index in [0.29, 0.717) is 0 Å². The number of carbonyl (C=O) groups excluding carboxylic acids is 2. The molecule has 244 valence electrons. The number of esters is 2. The van der Waals surface area contributed by atoms with Gasteiger partial charge in [0.05, 0.1) is 43.0 Å². The predicted octanol–water partition coefficient (Wildman–Crippen LogP) is 7.01. The first-order chi connectivity index (χ1) is 22.9. The summed E-state index contributed by atoms with van der Waals surface area (Å²) in [4.78, 5) is 67.0. The molecule has 5 rings (SSSR count). The molecule has 0 aromatic heterocycles. The SMILES string of the molecule is O=C(Oc1ccc(C2(c3ccc(OC(=O)c4cc([N+](=O)[O-])cc([N+](=O)[O-])c4)cc3)CCCCC2)cc1)c1cc([N+](=O)[O-])cc([N+](=O)[O-])c1. The van der Waals surface area contributed by atoms with Crippen molar-refractivity contribution in [1.29, 1.82) is 0 Å². The van der Waals surface area contributed by atoms with E-state index in [4.69, 9.17) is 9.47 Å². The number of rotatable bonds is 10. The fourth-order valence-electron chi connectivity index (χ4n) is 5.76. The zero-order chi connectivity index (χ0) is 34.6. The number of hydrogen-bond donors (Lipinski definition) is 0. The van der Waals surface area contributed by atoms with Gasteiger partial charge in [-0.15, -0.1) is 0 Å². The number of benzene rings is 4. The predicted molar refractivity (Wildman–Crippen MR) is 166 cm³/mol. The molecule has 0 heterocycles. The van der Waals surface area contributed by atoms with Crippen LogP contribution in [0.15, 0.2) is 84.9 Å². The molecule has 16 nitrogen and oxygen atoms in total. The fraction of sp³-hybridized carbons (Fsp3) is 0.188. The lowest BCUT2D eigenvalue weighted by Crippen LogP contribution is -2.30. The van der Waals surface area contributed by atoms with Crippen LogP contribution >= 0.6 is 0 Å². The molecular weight excluding hydrogens is 632 g/mol. The van der Waals surface area contributed by atoms with E-state index in [9.17, 15) is 50.0 Å². The molecule has 1 fully saturated rings. The number of hydrogen-bond acceptors (Lipinski definition) is 12. The van der Waals surface area contributed by atoms with Crippen LogP contribution in [0.5, 0.6) is 11.5 Å². The molecule has 0 amide bonds. The highest BCUT2D eigenvalue weighted by molar-refractivity contribution is 5.93. The quantitative estimate of drug-likeness (QED) is 0.0727. The van der Waals surface area contributed by atoms with Gasteiger partial charge in [0, 0.05) is 29.7 Å². The highest BCUT2D eigenvalue weighted by Crippen LogP contribution is 2.45. The Morgan fingerprint density at radius 1 is 0.500 bits per heavy atom. The smallest absolute Gasteiger partial charge is 0.344 e. The lowest BCUT2D eigenvalue weighted by Gasteiger charge is -2.38. The molecule has 4 aromatic rings. The molecule has 48 heavy (non-hydrogen) atoms. The minimum absolute atomic E-state index is 0.118. The van der Waals surface area contributed by atoms with Gasteiger partial charge in [-0.3, -0.25) is 40.5 Å². The summed E-state index contributed by atoms with van der Waals surface area (Å²) in [6.45, 7) is 0. The molecule has 0 spiro atoms. The Hall–Kier alpha value is -6.58. The number of ether oxygens (including phenoxy) is 2. The summed E-state index contributed by atoms with van der Waals surface area (Å²) in [5, 5.41) is 44.8. The number of nitro benzene ring substituents is 4. The standard InChI is InChI=1S/C32H24N4O12/c37-30(20-14-24(33(39)40)18-25(15-20)34(41)42)47-28-8-4-22(5-9-28)32(12-2-1-3-13-32)23-6-10-29(11-7-23)48-31(38)21-16-26(35(43)44)19-27(17-21)36(45)46/h4-11,14-19H,1-3,12-13H2. The van der Waals surface area contributed by atoms with Crippen LogP contribution < -0.4 is 9.47 Å². The van der Waals surface area contributed by atoms with Crippen molar-refractivity contribution in [2.24, 2.45) is 0 Å². The van der Waals surface area contributed by atoms with Crippen LogP contribution in [0.3, 0.4) is 0 Å². The van der Waals surface area contributed by atoms with E-state index in [2.05, 4.69) is 0 Å². The van der Waals surface area contributed by atoms with Crippen molar-refractivity contribution in [3.63, 3.8) is 0 Å². The molecule has 0 atom stereocenters. The number of nitrogens with zero attached hydrogens (tertiary/aromatic N) is 4. The van der Waals surface area contributed by atoms with Crippen LogP contribution in [0.1, 0.15) is 63.9 Å². The Morgan fingerprint density at radius 2 is 0.812 bits per heavy atom. The summed E-state index contributed by atoms with van der Waals surface area (Å²) in [5.74, 6) is -1.78. The Morgan fingerprint density at radius 3 is 1.10 bits per heavy atom. The molecule has 1 saturated carbocycles. The highest BCUT2D eigenvalue weighted by atomic mass is 16.6. The summed E-state index contributed by atoms with van der Waals surface area (Å²) in [7, 11) is 0. The van der Waals surface area contributed by atoms with E-state index in [1.165, 1.54) is 0 Å². The van der Waals surface area contributed by atoms with Crippen LogP contribution in [-0.4, -0.2) is 31.6 Å². The van der Waals surface area contributed by atoms with Gasteiger partial charge in [0.15, 0.2) is 0 Å². The summed E-state index contributed by atoms with van der Waals surface area (Å²) in [6.07, 6.45) is 4.42. The van der Waals surface area contributed by atoms with E-state index >= 15 is 0 Å². The molecule has 0 saturated heterocycles. The van der Waals surface area contributed by atoms with E-state index < -0.39 is 59.8 Å². The first-order valence-corrected chi connectivity index (χ1v) is 14.4. The molecule has 4 aromatic carbocycles. The fourth-order valence-corrected chi connectivity index (χ4v) is 5.76. The Kier molecular flexibility index (Phi) is 9.17. The van der Waals surface area contributed by atoms with E-state index in [1.54, 1.807) is 48.5 Å². The summed E-state index contributed by atoms with van der Waals surface area (Å²) in [6, 6.07) is 18.5. The van der Waals surface area contributed by atoms with Gasteiger partial charge < -0.3 is 9.47 Å². The van der Waals surface area contributed by atoms with Gasteiger partial charge in [0.1, 0.15) is 11.5 Å². The van der Waals surface area contributed by atoms with Crippen molar-refractivity contribution in [2.75, 3.05) is 0 Å². The Bertz CT molecular complexity index is 1750. The second-order valence-electron chi connectivity index (χ2n) is 11.0. The maximum Gasteiger partial charge on any atom is 0.344 e. The van der Waals surface area contributed by atoms with Crippen molar-refractivity contribution >= 4 is 34.7 Å². The van der Waals surface area contributed by atoms with E-state index in [-0.39, 0.29) is 22.6 Å². The molecule has 0 aliphatic heterocycles. The molecule has 16 heteroatoms. The van der Waals surface area contributed by atoms with Gasteiger partial charge in [-0.25, -0.2) is 9.59 Å². The van der Waals surface area contributed by atoms with Gasteiger partial charge in [-0.2, -0.15) is 0 Å². The van der Waals surface area contributed by atoms with Crippen LogP contribution in [0, 0.1) is 40.5 Å². The van der Waals surface area contributed by atoms with Crippen molar-refractivity contribution in [3.8, 4) is 11.5 Å². The van der Waals surface area contributed by atoms with Gasteiger partial charge in [-0.1, -0.05) is 43.5 Å². The van der Waals surface area contributed by atoms with E-state index in [0.717, 1.165) is 79.6 Å². The average Bonchev–Trinajstić information content (AvgIpc) is 3.08. The summed E-state index contributed by atoms with van der Waals surface area (Å²) >= 11 is 0. The van der Waals surface area contributed by atoms with Gasteiger partial charge in [0.25, 0.3) is 22.7 Å². The Labute approximate surface area is 270 Å². The number of nitro groups is 4. The average molecular weight is 657 g/mol. The van der Waals surface area contributed by atoms with Crippen molar-refractivity contribution < 1.29 is 38.8 Å². The molecule has 0 unspecified atom stereocenters. The maximum absolute atomic E-state index is 12.8. The summed E-state index contributed by atoms with van der Waals surface area (Å²) in [5.41, 5.74) is -1.85. The maximum atomic E-state index is 12.8. The minimum atomic E-state index is -1.01. The van der Waals surface area contributed by atoms with Crippen molar-refractivity contribution in [2.45, 2.75) is 37.5 Å².